The molecule has 1 atom stereocenters. The Morgan fingerprint density at radius 1 is 1.53 bits per heavy atom. The average molecular weight is 234 g/mol. The molecule has 3 heteroatoms. The van der Waals surface area contributed by atoms with E-state index in [1.165, 1.54) is 0 Å². The molecule has 2 rings (SSSR count). The van der Waals surface area contributed by atoms with Gasteiger partial charge in [-0.05, 0) is 31.2 Å². The summed E-state index contributed by atoms with van der Waals surface area (Å²) in [4.78, 5) is 12.1. The maximum absolute atomic E-state index is 12.1. The smallest absolute Gasteiger partial charge is 0.142 e. The molecule has 1 aliphatic rings. The van der Waals surface area contributed by atoms with Crippen molar-refractivity contribution in [3.05, 3.63) is 17.5 Å². The number of aromatic nitrogens is 2. The van der Waals surface area contributed by atoms with Crippen LogP contribution in [0.15, 0.2) is 6.07 Å². The molecule has 1 unspecified atom stereocenters. The Morgan fingerprint density at radius 2 is 2.18 bits per heavy atom. The second-order valence-corrected chi connectivity index (χ2v) is 5.68. The summed E-state index contributed by atoms with van der Waals surface area (Å²) in [5.41, 5.74) is 2.41. The summed E-state index contributed by atoms with van der Waals surface area (Å²) in [6, 6.07) is 2.08. The Hall–Kier alpha value is -1.12. The van der Waals surface area contributed by atoms with E-state index in [1.807, 2.05) is 4.68 Å². The standard InChI is InChI=1S/C14H22N2O/c1-5-10-7-11(16(6-2)15-10)8-13(17)12-9-14(12,3)4/h7,12H,5-6,8-9H2,1-4H3. The van der Waals surface area contributed by atoms with Gasteiger partial charge in [0.2, 0.25) is 0 Å². The van der Waals surface area contributed by atoms with Crippen LogP contribution in [0.3, 0.4) is 0 Å². The maximum atomic E-state index is 12.1. The van der Waals surface area contributed by atoms with Crippen LogP contribution in [-0.4, -0.2) is 15.6 Å². The predicted molar refractivity (Wildman–Crippen MR) is 67.9 cm³/mol. The van der Waals surface area contributed by atoms with Crippen molar-refractivity contribution in [3.8, 4) is 0 Å². The molecule has 0 N–H and O–H groups in total. The third-order valence-electron chi connectivity index (χ3n) is 3.83. The van der Waals surface area contributed by atoms with Gasteiger partial charge in [-0.25, -0.2) is 0 Å². The minimum absolute atomic E-state index is 0.238. The lowest BCUT2D eigenvalue weighted by Crippen LogP contribution is -2.13. The normalized spacial score (nSPS) is 21.5. The highest BCUT2D eigenvalue weighted by Gasteiger charge is 2.49. The van der Waals surface area contributed by atoms with Gasteiger partial charge >= 0.3 is 0 Å². The summed E-state index contributed by atoms with van der Waals surface area (Å²) in [6.45, 7) is 9.35. The van der Waals surface area contributed by atoms with Crippen LogP contribution in [0.1, 0.15) is 45.5 Å². The largest absolute Gasteiger partial charge is 0.299 e. The molecule has 1 aromatic rings. The second kappa shape index (κ2) is 4.28. The molecule has 17 heavy (non-hydrogen) atoms. The molecule has 0 amide bonds. The van der Waals surface area contributed by atoms with E-state index in [0.717, 1.165) is 30.8 Å². The molecule has 0 spiro atoms. The van der Waals surface area contributed by atoms with Crippen LogP contribution in [0.4, 0.5) is 0 Å². The highest BCUT2D eigenvalue weighted by atomic mass is 16.1. The topological polar surface area (TPSA) is 34.9 Å². The van der Waals surface area contributed by atoms with Gasteiger partial charge in [0.05, 0.1) is 5.69 Å². The van der Waals surface area contributed by atoms with E-state index in [-0.39, 0.29) is 11.3 Å². The van der Waals surface area contributed by atoms with Gasteiger partial charge in [0.15, 0.2) is 0 Å². The van der Waals surface area contributed by atoms with Crippen LogP contribution in [0, 0.1) is 11.3 Å². The van der Waals surface area contributed by atoms with E-state index < -0.39 is 0 Å². The van der Waals surface area contributed by atoms with Gasteiger partial charge in [-0.3, -0.25) is 9.48 Å². The monoisotopic (exact) mass is 234 g/mol. The molecule has 0 radical (unpaired) electrons. The summed E-state index contributed by atoms with van der Waals surface area (Å²) < 4.78 is 1.96. The van der Waals surface area contributed by atoms with Gasteiger partial charge in [-0.15, -0.1) is 0 Å². The first-order valence-corrected chi connectivity index (χ1v) is 6.56. The number of Topliss-reactive ketones (excluding diaryl/α,β-unsaturated/α-hetero) is 1. The average Bonchev–Trinajstić information content (AvgIpc) is 2.74. The molecule has 94 valence electrons. The van der Waals surface area contributed by atoms with Gasteiger partial charge in [0.25, 0.3) is 0 Å². The number of hydrogen-bond acceptors (Lipinski definition) is 2. The minimum Gasteiger partial charge on any atom is -0.299 e. The van der Waals surface area contributed by atoms with Crippen LogP contribution >= 0.6 is 0 Å². The van der Waals surface area contributed by atoms with Gasteiger partial charge in [0.1, 0.15) is 5.78 Å². The van der Waals surface area contributed by atoms with E-state index in [1.54, 1.807) is 0 Å². The van der Waals surface area contributed by atoms with Crippen molar-refractivity contribution in [1.29, 1.82) is 0 Å². The Morgan fingerprint density at radius 3 is 2.65 bits per heavy atom. The van der Waals surface area contributed by atoms with Crippen molar-refractivity contribution < 1.29 is 4.79 Å². The number of ketones is 1. The number of nitrogens with zero attached hydrogens (tertiary/aromatic N) is 2. The maximum Gasteiger partial charge on any atom is 0.142 e. The van der Waals surface area contributed by atoms with E-state index in [9.17, 15) is 4.79 Å². The number of hydrogen-bond donors (Lipinski definition) is 0. The quantitative estimate of drug-likeness (QED) is 0.785. The molecule has 1 saturated carbocycles. The Kier molecular flexibility index (Phi) is 3.11. The molecule has 1 fully saturated rings. The summed E-state index contributed by atoms with van der Waals surface area (Å²) >= 11 is 0. The van der Waals surface area contributed by atoms with Crippen molar-refractivity contribution in [2.45, 2.75) is 53.5 Å². The van der Waals surface area contributed by atoms with Crippen LogP contribution in [0.25, 0.3) is 0 Å². The van der Waals surface area contributed by atoms with Gasteiger partial charge < -0.3 is 0 Å². The van der Waals surface area contributed by atoms with Crippen molar-refractivity contribution in [1.82, 2.24) is 9.78 Å². The Bertz CT molecular complexity index is 431. The van der Waals surface area contributed by atoms with Gasteiger partial charge in [-0.2, -0.15) is 5.10 Å². The summed E-state index contributed by atoms with van der Waals surface area (Å²) in [6.07, 6.45) is 2.53. The highest BCUT2D eigenvalue weighted by Crippen LogP contribution is 2.52. The number of carbonyl (C=O) groups excluding carboxylic acids is 1. The summed E-state index contributed by atoms with van der Waals surface area (Å²) in [5.74, 6) is 0.653. The van der Waals surface area contributed by atoms with Crippen LogP contribution in [0.2, 0.25) is 0 Å². The molecule has 0 saturated heterocycles. The van der Waals surface area contributed by atoms with Crippen LogP contribution in [0.5, 0.6) is 0 Å². The molecule has 0 aromatic carbocycles. The van der Waals surface area contributed by atoms with Gasteiger partial charge in [0, 0.05) is 24.6 Å². The van der Waals surface area contributed by atoms with Crippen molar-refractivity contribution in [2.75, 3.05) is 0 Å². The fourth-order valence-corrected chi connectivity index (χ4v) is 2.42. The fraction of sp³-hybridized carbons (Fsp3) is 0.714. The number of rotatable bonds is 5. The van der Waals surface area contributed by atoms with Crippen molar-refractivity contribution >= 4 is 5.78 Å². The molecule has 1 heterocycles. The lowest BCUT2D eigenvalue weighted by Gasteiger charge is -2.05. The minimum atomic E-state index is 0.238. The van der Waals surface area contributed by atoms with E-state index in [2.05, 4.69) is 38.9 Å². The number of aryl methyl sites for hydroxylation is 2. The molecule has 0 bridgehead atoms. The first-order valence-electron chi connectivity index (χ1n) is 6.56. The SMILES string of the molecule is CCc1cc(CC(=O)C2CC2(C)C)n(CC)n1. The molecule has 0 aliphatic heterocycles. The van der Waals surface area contributed by atoms with Gasteiger partial charge in [-0.1, -0.05) is 20.8 Å². The lowest BCUT2D eigenvalue weighted by molar-refractivity contribution is -0.120. The molecule has 1 aromatic heterocycles. The number of carbonyl (C=O) groups is 1. The molecule has 1 aliphatic carbocycles. The van der Waals surface area contributed by atoms with Crippen LogP contribution in [-0.2, 0) is 24.2 Å². The van der Waals surface area contributed by atoms with E-state index in [4.69, 9.17) is 0 Å². The highest BCUT2D eigenvalue weighted by molar-refractivity contribution is 5.86. The zero-order valence-electron chi connectivity index (χ0n) is 11.3. The van der Waals surface area contributed by atoms with E-state index in [0.29, 0.717) is 12.2 Å². The molecular formula is C14H22N2O. The molecular weight excluding hydrogens is 212 g/mol. The fourth-order valence-electron chi connectivity index (χ4n) is 2.42. The predicted octanol–water partition coefficient (Wildman–Crippen LogP) is 2.62. The zero-order valence-corrected chi connectivity index (χ0v) is 11.3. The van der Waals surface area contributed by atoms with E-state index >= 15 is 0 Å². The lowest BCUT2D eigenvalue weighted by atomic mass is 10.0. The van der Waals surface area contributed by atoms with Crippen molar-refractivity contribution in [2.24, 2.45) is 11.3 Å². The van der Waals surface area contributed by atoms with Crippen LogP contribution < -0.4 is 0 Å². The third-order valence-corrected chi connectivity index (χ3v) is 3.83. The Balaban J connectivity index is 2.08. The molecule has 3 nitrogen and oxygen atoms in total. The zero-order chi connectivity index (χ0) is 12.6. The van der Waals surface area contributed by atoms with Crippen molar-refractivity contribution in [3.63, 3.8) is 0 Å². The first kappa shape index (κ1) is 12.3. The summed E-state index contributed by atoms with van der Waals surface area (Å²) in [7, 11) is 0. The second-order valence-electron chi connectivity index (χ2n) is 5.68. The third kappa shape index (κ3) is 2.43. The summed E-state index contributed by atoms with van der Waals surface area (Å²) in [5, 5.41) is 4.48. The Labute approximate surface area is 103 Å². The first-order chi connectivity index (χ1) is 7.97.